The zero-order chi connectivity index (χ0) is 26.3. The monoisotopic (exact) mass is 538 g/mol. The molecule has 2 aromatic carbocycles. The van der Waals surface area contributed by atoms with Gasteiger partial charge in [-0.3, -0.25) is 9.59 Å². The van der Waals surface area contributed by atoms with Gasteiger partial charge in [0, 0.05) is 12.1 Å². The molecule has 0 bridgehead atoms. The van der Waals surface area contributed by atoms with E-state index in [1.165, 1.54) is 29.3 Å². The molecular formula is C26H23ClN4O5S. The molecule has 2 heterocycles. The molecular weight excluding hydrogens is 516 g/mol. The first-order valence-corrected chi connectivity index (χ1v) is 13.4. The number of nitrogens with one attached hydrogen (secondary N) is 1. The number of rotatable bonds is 7. The largest absolute Gasteiger partial charge is 0.457 e. The Bertz CT molecular complexity index is 1570. The fourth-order valence-electron chi connectivity index (χ4n) is 3.87. The Morgan fingerprint density at radius 1 is 1.19 bits per heavy atom. The molecule has 11 heteroatoms. The maximum Gasteiger partial charge on any atom is 0.280 e. The number of carbonyl (C=O) groups excluding carboxylic acids is 2. The number of benzene rings is 2. The first-order chi connectivity index (χ1) is 17.6. The quantitative estimate of drug-likeness (QED) is 0.435. The summed E-state index contributed by atoms with van der Waals surface area (Å²) in [7, 11) is -3.85. The van der Waals surface area contributed by atoms with E-state index >= 15 is 0 Å². The summed E-state index contributed by atoms with van der Waals surface area (Å²) in [6.45, 7) is 2.33. The van der Waals surface area contributed by atoms with Gasteiger partial charge in [-0.25, -0.2) is 13.6 Å². The van der Waals surface area contributed by atoms with Crippen molar-refractivity contribution in [1.82, 2.24) is 5.32 Å². The average molecular weight is 539 g/mol. The van der Waals surface area contributed by atoms with E-state index in [-0.39, 0.29) is 16.7 Å². The van der Waals surface area contributed by atoms with Crippen LogP contribution in [0.4, 0.5) is 5.69 Å². The molecule has 2 amide bonds. The fourth-order valence-corrected chi connectivity index (χ4v) is 4.59. The summed E-state index contributed by atoms with van der Waals surface area (Å²) >= 11 is 6.26. The highest BCUT2D eigenvalue weighted by atomic mass is 35.5. The fraction of sp³-hybridized carbons (Fsp3) is 0.192. The second-order valence-corrected chi connectivity index (χ2v) is 10.9. The zero-order valence-electron chi connectivity index (χ0n) is 19.8. The van der Waals surface area contributed by atoms with Crippen molar-refractivity contribution in [3.8, 4) is 11.3 Å². The molecule has 1 aliphatic heterocycles. The lowest BCUT2D eigenvalue weighted by molar-refractivity contribution is -0.114. The molecule has 0 atom stereocenters. The Morgan fingerprint density at radius 2 is 1.92 bits per heavy atom. The van der Waals surface area contributed by atoms with Crippen molar-refractivity contribution >= 4 is 50.9 Å². The van der Waals surface area contributed by atoms with Crippen LogP contribution >= 0.6 is 11.6 Å². The summed E-state index contributed by atoms with van der Waals surface area (Å²) in [6, 6.07) is 14.1. The van der Waals surface area contributed by atoms with Gasteiger partial charge in [0.2, 0.25) is 10.0 Å². The van der Waals surface area contributed by atoms with Gasteiger partial charge < -0.3 is 9.73 Å². The Labute approximate surface area is 218 Å². The van der Waals surface area contributed by atoms with Crippen LogP contribution in [0.2, 0.25) is 5.02 Å². The smallest absolute Gasteiger partial charge is 0.280 e. The van der Waals surface area contributed by atoms with Gasteiger partial charge in [0.1, 0.15) is 11.5 Å². The van der Waals surface area contributed by atoms with Gasteiger partial charge in [0.25, 0.3) is 11.8 Å². The SMILES string of the molecule is CC1=NN(c2ccc(S(N)(=O)=O)cc2)C(=O)/C1=C\c1ccc(-c2ccc(Cl)c(C(=O)NCC3CC3)c2)o1. The van der Waals surface area contributed by atoms with E-state index in [1.54, 1.807) is 43.3 Å². The van der Waals surface area contributed by atoms with Crippen molar-refractivity contribution in [2.75, 3.05) is 11.6 Å². The Balaban J connectivity index is 1.35. The van der Waals surface area contributed by atoms with Crippen LogP contribution in [-0.2, 0) is 14.8 Å². The third kappa shape index (κ3) is 5.36. The van der Waals surface area contributed by atoms with Gasteiger partial charge in [-0.1, -0.05) is 11.6 Å². The molecule has 1 aliphatic carbocycles. The summed E-state index contributed by atoms with van der Waals surface area (Å²) in [5.41, 5.74) is 2.24. The summed E-state index contributed by atoms with van der Waals surface area (Å²) < 4.78 is 28.9. The highest BCUT2D eigenvalue weighted by Crippen LogP contribution is 2.31. The Morgan fingerprint density at radius 3 is 2.59 bits per heavy atom. The van der Waals surface area contributed by atoms with Gasteiger partial charge in [0.15, 0.2) is 0 Å². The molecule has 5 rings (SSSR count). The predicted octanol–water partition coefficient (Wildman–Crippen LogP) is 4.19. The van der Waals surface area contributed by atoms with Crippen LogP contribution in [-0.4, -0.2) is 32.5 Å². The summed E-state index contributed by atoms with van der Waals surface area (Å²) in [6.07, 6.45) is 3.85. The van der Waals surface area contributed by atoms with Crippen LogP contribution in [0.25, 0.3) is 17.4 Å². The third-order valence-corrected chi connectivity index (χ3v) is 7.39. The van der Waals surface area contributed by atoms with E-state index in [2.05, 4.69) is 10.4 Å². The molecule has 0 saturated heterocycles. The van der Waals surface area contributed by atoms with Crippen molar-refractivity contribution in [2.24, 2.45) is 16.2 Å². The number of primary sulfonamides is 1. The minimum Gasteiger partial charge on any atom is -0.457 e. The van der Waals surface area contributed by atoms with Gasteiger partial charge in [0.05, 0.1) is 32.5 Å². The van der Waals surface area contributed by atoms with Crippen LogP contribution in [0.3, 0.4) is 0 Å². The van der Waals surface area contributed by atoms with Gasteiger partial charge in [-0.15, -0.1) is 0 Å². The molecule has 3 N–H and O–H groups in total. The summed E-state index contributed by atoms with van der Waals surface area (Å²) in [4.78, 5) is 25.6. The second-order valence-electron chi connectivity index (χ2n) is 8.95. The van der Waals surface area contributed by atoms with E-state index in [1.807, 2.05) is 0 Å². The lowest BCUT2D eigenvalue weighted by Gasteiger charge is -2.12. The molecule has 1 saturated carbocycles. The number of furan rings is 1. The maximum absolute atomic E-state index is 13.0. The molecule has 0 radical (unpaired) electrons. The molecule has 0 spiro atoms. The topological polar surface area (TPSA) is 135 Å². The number of amides is 2. The Kier molecular flexibility index (Phi) is 6.49. The van der Waals surface area contributed by atoms with Crippen molar-refractivity contribution < 1.29 is 22.4 Å². The molecule has 0 unspecified atom stereocenters. The number of nitrogens with two attached hydrogens (primary N) is 1. The lowest BCUT2D eigenvalue weighted by atomic mass is 10.1. The minimum absolute atomic E-state index is 0.0618. The lowest BCUT2D eigenvalue weighted by Crippen LogP contribution is -2.25. The second kappa shape index (κ2) is 9.62. The van der Waals surface area contributed by atoms with Gasteiger partial charge in [-0.05, 0) is 86.4 Å². The number of hydrogen-bond donors (Lipinski definition) is 2. The van der Waals surface area contributed by atoms with Crippen molar-refractivity contribution in [3.63, 3.8) is 0 Å². The molecule has 9 nitrogen and oxygen atoms in total. The molecule has 3 aromatic rings. The van der Waals surface area contributed by atoms with Crippen molar-refractivity contribution in [2.45, 2.75) is 24.7 Å². The first-order valence-electron chi connectivity index (χ1n) is 11.5. The number of sulfonamides is 1. The summed E-state index contributed by atoms with van der Waals surface area (Å²) in [5.74, 6) is 0.867. The molecule has 190 valence electrons. The minimum atomic E-state index is -3.85. The number of nitrogens with zero attached hydrogens (tertiary/aromatic N) is 2. The van der Waals surface area contributed by atoms with Crippen LogP contribution < -0.4 is 15.5 Å². The Hall–Kier alpha value is -3.73. The number of anilines is 1. The van der Waals surface area contributed by atoms with Crippen molar-refractivity contribution in [1.29, 1.82) is 0 Å². The van der Waals surface area contributed by atoms with Crippen LogP contribution in [0.1, 0.15) is 35.9 Å². The van der Waals surface area contributed by atoms with Crippen molar-refractivity contribution in [3.05, 3.63) is 76.5 Å². The van der Waals surface area contributed by atoms with E-state index in [4.69, 9.17) is 21.2 Å². The number of halogens is 1. The molecule has 1 aromatic heterocycles. The van der Waals surface area contributed by atoms with E-state index in [9.17, 15) is 18.0 Å². The highest BCUT2D eigenvalue weighted by molar-refractivity contribution is 7.89. The van der Waals surface area contributed by atoms with Crippen LogP contribution in [0.5, 0.6) is 0 Å². The van der Waals surface area contributed by atoms with E-state index < -0.39 is 10.0 Å². The van der Waals surface area contributed by atoms with Crippen LogP contribution in [0, 0.1) is 5.92 Å². The average Bonchev–Trinajstić information content (AvgIpc) is 3.51. The molecule has 1 fully saturated rings. The van der Waals surface area contributed by atoms with Gasteiger partial charge in [-0.2, -0.15) is 10.1 Å². The zero-order valence-corrected chi connectivity index (χ0v) is 21.3. The number of hydrogen-bond acceptors (Lipinski definition) is 6. The number of carbonyl (C=O) groups is 2. The standard InChI is InChI=1S/C26H23ClN4O5S/c1-15-21(26(33)31(30-15)18-5-8-20(9-6-18)37(28,34)35)13-19-7-11-24(36-19)17-4-10-23(27)22(12-17)25(32)29-14-16-2-3-16/h4-13,16H,2-3,14H2,1H3,(H,29,32)(H2,28,34,35)/b21-13-. The number of hydrazone groups is 1. The highest BCUT2D eigenvalue weighted by Gasteiger charge is 2.29. The van der Waals surface area contributed by atoms with E-state index in [0.29, 0.717) is 57.1 Å². The van der Waals surface area contributed by atoms with Crippen LogP contribution in [0.15, 0.2) is 74.6 Å². The third-order valence-electron chi connectivity index (χ3n) is 6.13. The maximum atomic E-state index is 13.0. The molecule has 37 heavy (non-hydrogen) atoms. The first kappa shape index (κ1) is 24.9. The summed E-state index contributed by atoms with van der Waals surface area (Å²) in [5, 5.41) is 13.9. The van der Waals surface area contributed by atoms with E-state index in [0.717, 1.165) is 12.8 Å². The van der Waals surface area contributed by atoms with Gasteiger partial charge >= 0.3 is 0 Å². The normalized spacial score (nSPS) is 16.8. The molecule has 2 aliphatic rings. The predicted molar refractivity (Wildman–Crippen MR) is 141 cm³/mol.